The summed E-state index contributed by atoms with van der Waals surface area (Å²) in [6.45, 7) is 5.04. The van der Waals surface area contributed by atoms with E-state index < -0.39 is 0 Å². The van der Waals surface area contributed by atoms with E-state index in [-0.39, 0.29) is 23.5 Å². The Morgan fingerprint density at radius 1 is 1.30 bits per heavy atom. The largest absolute Gasteiger partial charge is 0.348 e. The fourth-order valence-corrected chi connectivity index (χ4v) is 3.26. The van der Waals surface area contributed by atoms with E-state index in [1.54, 1.807) is 32.2 Å². The van der Waals surface area contributed by atoms with Crippen LogP contribution in [0.15, 0.2) is 30.5 Å². The van der Waals surface area contributed by atoms with Gasteiger partial charge in [0, 0.05) is 38.7 Å². The predicted octanol–water partition coefficient (Wildman–Crippen LogP) is 2.58. The zero-order valence-electron chi connectivity index (χ0n) is 15.5. The molecule has 0 radical (unpaired) electrons. The van der Waals surface area contributed by atoms with Crippen LogP contribution in [0.2, 0.25) is 0 Å². The van der Waals surface area contributed by atoms with Gasteiger partial charge in [-0.3, -0.25) is 9.59 Å². The van der Waals surface area contributed by atoms with Crippen LogP contribution in [0.25, 0.3) is 0 Å². The van der Waals surface area contributed by atoms with Gasteiger partial charge >= 0.3 is 0 Å². The number of benzene rings is 1. The second kappa shape index (κ2) is 8.24. The Bertz CT molecular complexity index is 838. The van der Waals surface area contributed by atoms with Crippen molar-refractivity contribution in [3.05, 3.63) is 58.9 Å². The monoisotopic (exact) mass is 370 g/mol. The number of nitrogens with one attached hydrogen (secondary N) is 1. The topological polar surface area (TPSA) is 75.2 Å². The first kappa shape index (κ1) is 18.9. The summed E-state index contributed by atoms with van der Waals surface area (Å²) < 4.78 is 12.9. The van der Waals surface area contributed by atoms with E-state index in [0.717, 1.165) is 24.9 Å². The molecule has 1 N–H and O–H groups in total. The molecule has 1 saturated heterocycles. The average Bonchev–Trinajstić information content (AvgIpc) is 2.67. The van der Waals surface area contributed by atoms with Gasteiger partial charge in [0.25, 0.3) is 5.91 Å². The van der Waals surface area contributed by atoms with E-state index >= 15 is 0 Å². The molecular formula is C20H23FN4O2. The molecule has 2 amide bonds. The van der Waals surface area contributed by atoms with E-state index in [2.05, 4.69) is 15.3 Å². The Hall–Kier alpha value is -2.83. The zero-order chi connectivity index (χ0) is 19.4. The molecule has 142 valence electrons. The summed E-state index contributed by atoms with van der Waals surface area (Å²) in [6, 6.07) is 5.98. The van der Waals surface area contributed by atoms with Gasteiger partial charge in [0.2, 0.25) is 5.91 Å². The smallest absolute Gasteiger partial charge is 0.254 e. The number of amides is 2. The SMILES string of the molecule is CC(=O)N1CCC[C@H](c2ncc(C(=O)NCc3ccc(F)cc3)c(C)n2)C1. The molecule has 27 heavy (non-hydrogen) atoms. The number of likely N-dealkylation sites (tertiary alicyclic amines) is 1. The summed E-state index contributed by atoms with van der Waals surface area (Å²) in [4.78, 5) is 34.7. The van der Waals surface area contributed by atoms with E-state index in [1.807, 2.05) is 4.90 Å². The molecule has 0 unspecified atom stereocenters. The van der Waals surface area contributed by atoms with Gasteiger partial charge in [-0.25, -0.2) is 14.4 Å². The van der Waals surface area contributed by atoms with Gasteiger partial charge < -0.3 is 10.2 Å². The van der Waals surface area contributed by atoms with Crippen molar-refractivity contribution in [1.82, 2.24) is 20.2 Å². The maximum atomic E-state index is 12.9. The quantitative estimate of drug-likeness (QED) is 0.898. The maximum Gasteiger partial charge on any atom is 0.254 e. The van der Waals surface area contributed by atoms with Crippen molar-refractivity contribution in [3.8, 4) is 0 Å². The summed E-state index contributed by atoms with van der Waals surface area (Å²) in [5.41, 5.74) is 1.84. The van der Waals surface area contributed by atoms with Gasteiger partial charge in [0.05, 0.1) is 11.3 Å². The molecule has 1 atom stereocenters. The molecule has 7 heteroatoms. The highest BCUT2D eigenvalue weighted by molar-refractivity contribution is 5.94. The van der Waals surface area contributed by atoms with E-state index in [4.69, 9.17) is 0 Å². The average molecular weight is 370 g/mol. The highest BCUT2D eigenvalue weighted by Gasteiger charge is 2.25. The Morgan fingerprint density at radius 3 is 2.70 bits per heavy atom. The molecule has 2 aromatic rings. The van der Waals surface area contributed by atoms with Crippen LogP contribution in [0, 0.1) is 12.7 Å². The van der Waals surface area contributed by atoms with Gasteiger partial charge in [-0.1, -0.05) is 12.1 Å². The van der Waals surface area contributed by atoms with Crippen LogP contribution in [0.4, 0.5) is 4.39 Å². The first-order chi connectivity index (χ1) is 12.9. The third-order valence-electron chi connectivity index (χ3n) is 4.84. The third kappa shape index (κ3) is 4.67. The predicted molar refractivity (Wildman–Crippen MR) is 98.6 cm³/mol. The maximum absolute atomic E-state index is 12.9. The number of rotatable bonds is 4. The van der Waals surface area contributed by atoms with Crippen molar-refractivity contribution in [3.63, 3.8) is 0 Å². The van der Waals surface area contributed by atoms with Crippen molar-refractivity contribution in [2.24, 2.45) is 0 Å². The lowest BCUT2D eigenvalue weighted by Crippen LogP contribution is -2.38. The Morgan fingerprint density at radius 2 is 2.04 bits per heavy atom. The zero-order valence-corrected chi connectivity index (χ0v) is 15.5. The number of carbonyl (C=O) groups is 2. The number of carbonyl (C=O) groups excluding carboxylic acids is 2. The second-order valence-corrected chi connectivity index (χ2v) is 6.84. The summed E-state index contributed by atoms with van der Waals surface area (Å²) in [6.07, 6.45) is 3.40. The number of hydrogen-bond donors (Lipinski definition) is 1. The van der Waals surface area contributed by atoms with Crippen molar-refractivity contribution in [2.45, 2.75) is 39.2 Å². The molecule has 0 aliphatic carbocycles. The van der Waals surface area contributed by atoms with Crippen LogP contribution in [0.1, 0.15) is 53.1 Å². The van der Waals surface area contributed by atoms with Crippen molar-refractivity contribution in [1.29, 1.82) is 0 Å². The number of halogens is 1. The Labute approximate surface area is 157 Å². The number of nitrogens with zero attached hydrogens (tertiary/aromatic N) is 3. The molecule has 1 aromatic heterocycles. The fourth-order valence-electron chi connectivity index (χ4n) is 3.26. The molecule has 1 aromatic carbocycles. The molecule has 0 saturated carbocycles. The van der Waals surface area contributed by atoms with Crippen LogP contribution >= 0.6 is 0 Å². The van der Waals surface area contributed by atoms with Gasteiger partial charge in [-0.15, -0.1) is 0 Å². The highest BCUT2D eigenvalue weighted by Crippen LogP contribution is 2.25. The van der Waals surface area contributed by atoms with Crippen LogP contribution in [0.3, 0.4) is 0 Å². The van der Waals surface area contributed by atoms with E-state index in [0.29, 0.717) is 30.2 Å². The molecule has 1 aliphatic heterocycles. The second-order valence-electron chi connectivity index (χ2n) is 6.84. The summed E-state index contributed by atoms with van der Waals surface area (Å²) in [7, 11) is 0. The third-order valence-corrected chi connectivity index (χ3v) is 4.84. The van der Waals surface area contributed by atoms with Crippen molar-refractivity contribution < 1.29 is 14.0 Å². The first-order valence-electron chi connectivity index (χ1n) is 9.05. The lowest BCUT2D eigenvalue weighted by atomic mass is 9.97. The van der Waals surface area contributed by atoms with Crippen LogP contribution in [-0.4, -0.2) is 39.8 Å². The number of hydrogen-bond acceptors (Lipinski definition) is 4. The molecule has 1 fully saturated rings. The summed E-state index contributed by atoms with van der Waals surface area (Å²) in [5, 5.41) is 2.80. The minimum Gasteiger partial charge on any atom is -0.348 e. The number of aromatic nitrogens is 2. The van der Waals surface area contributed by atoms with Crippen molar-refractivity contribution >= 4 is 11.8 Å². The minimum absolute atomic E-state index is 0.0632. The van der Waals surface area contributed by atoms with Gasteiger partial charge in [-0.05, 0) is 37.5 Å². The molecule has 3 rings (SSSR count). The first-order valence-corrected chi connectivity index (χ1v) is 9.05. The summed E-state index contributed by atoms with van der Waals surface area (Å²) in [5.74, 6) is 0.257. The van der Waals surface area contributed by atoms with Crippen LogP contribution in [0.5, 0.6) is 0 Å². The minimum atomic E-state index is -0.309. The van der Waals surface area contributed by atoms with E-state index in [1.165, 1.54) is 12.1 Å². The lowest BCUT2D eigenvalue weighted by Gasteiger charge is -2.31. The van der Waals surface area contributed by atoms with Gasteiger partial charge in [0.15, 0.2) is 0 Å². The lowest BCUT2D eigenvalue weighted by molar-refractivity contribution is -0.130. The summed E-state index contributed by atoms with van der Waals surface area (Å²) >= 11 is 0. The molecule has 0 bridgehead atoms. The molecule has 6 nitrogen and oxygen atoms in total. The van der Waals surface area contributed by atoms with Gasteiger partial charge in [-0.2, -0.15) is 0 Å². The number of piperidine rings is 1. The fraction of sp³-hybridized carbons (Fsp3) is 0.400. The highest BCUT2D eigenvalue weighted by atomic mass is 19.1. The molecular weight excluding hydrogens is 347 g/mol. The standard InChI is InChI=1S/C20H23FN4O2/c1-13-18(20(27)23-10-15-5-7-17(21)8-6-15)11-22-19(24-13)16-4-3-9-25(12-16)14(2)26/h5-8,11,16H,3-4,9-10,12H2,1-2H3,(H,23,27)/t16-/m0/s1. The van der Waals surface area contributed by atoms with E-state index in [9.17, 15) is 14.0 Å². The normalized spacial score (nSPS) is 16.9. The Balaban J connectivity index is 1.66. The van der Waals surface area contributed by atoms with Gasteiger partial charge in [0.1, 0.15) is 11.6 Å². The molecule has 0 spiro atoms. The molecule has 2 heterocycles. The molecule has 1 aliphatic rings. The number of aryl methyl sites for hydroxylation is 1. The van der Waals surface area contributed by atoms with Crippen LogP contribution in [-0.2, 0) is 11.3 Å². The van der Waals surface area contributed by atoms with Crippen molar-refractivity contribution in [2.75, 3.05) is 13.1 Å². The Kier molecular flexibility index (Phi) is 5.78. The van der Waals surface area contributed by atoms with Crippen LogP contribution < -0.4 is 5.32 Å².